The summed E-state index contributed by atoms with van der Waals surface area (Å²) in [5.41, 5.74) is 7.23. The fourth-order valence-electron chi connectivity index (χ4n) is 4.29. The molecule has 0 spiro atoms. The predicted molar refractivity (Wildman–Crippen MR) is 137 cm³/mol. The van der Waals surface area contributed by atoms with E-state index in [4.69, 9.17) is 17.5 Å². The summed E-state index contributed by atoms with van der Waals surface area (Å²) in [6.45, 7) is 2.28. The summed E-state index contributed by atoms with van der Waals surface area (Å²) in [4.78, 5) is 12.5. The van der Waals surface area contributed by atoms with Crippen LogP contribution in [0.5, 0.6) is 0 Å². The van der Waals surface area contributed by atoms with Crippen LogP contribution in [0.1, 0.15) is 126 Å². The molecule has 3 N–H and O–H groups in total. The number of unbranched alkanes of at least 4 members (excludes halogenated alkanes) is 13. The summed E-state index contributed by atoms with van der Waals surface area (Å²) in [6.07, 6.45) is 22.0. The van der Waals surface area contributed by atoms with Gasteiger partial charge in [-0.3, -0.25) is 4.79 Å². The SMILES string of the molecule is CCCCCCCCCCCCCCCCc1ccc(C(=O)NC2(/C(N)=N/Cl)CC2)cc1. The Morgan fingerprint density at radius 3 is 1.78 bits per heavy atom. The van der Waals surface area contributed by atoms with Crippen LogP contribution in [0.15, 0.2) is 28.8 Å². The zero-order valence-electron chi connectivity index (χ0n) is 20.1. The minimum Gasteiger partial charge on any atom is -0.384 e. The lowest BCUT2D eigenvalue weighted by Gasteiger charge is -2.16. The summed E-state index contributed by atoms with van der Waals surface area (Å²) < 4.78 is 3.52. The minimum absolute atomic E-state index is 0.117. The molecule has 0 aromatic heterocycles. The first-order valence-corrected chi connectivity index (χ1v) is 13.3. The maximum atomic E-state index is 12.5. The number of carbonyl (C=O) groups excluding carboxylic acids is 1. The van der Waals surface area contributed by atoms with Crippen molar-refractivity contribution in [2.75, 3.05) is 0 Å². The van der Waals surface area contributed by atoms with Crippen molar-refractivity contribution < 1.29 is 4.79 Å². The van der Waals surface area contributed by atoms with E-state index in [2.05, 4.69) is 28.9 Å². The number of nitrogens with zero attached hydrogens (tertiary/aromatic N) is 1. The van der Waals surface area contributed by atoms with Gasteiger partial charge in [0.1, 0.15) is 5.84 Å². The number of nitrogens with one attached hydrogen (secondary N) is 1. The van der Waals surface area contributed by atoms with E-state index in [1.807, 2.05) is 12.1 Å². The Balaban J connectivity index is 1.48. The van der Waals surface area contributed by atoms with E-state index in [1.165, 1.54) is 95.5 Å². The van der Waals surface area contributed by atoms with Crippen LogP contribution in [0.25, 0.3) is 0 Å². The first-order chi connectivity index (χ1) is 15.6. The average Bonchev–Trinajstić information content (AvgIpc) is 3.59. The molecule has 4 nitrogen and oxygen atoms in total. The summed E-state index contributed by atoms with van der Waals surface area (Å²) in [5.74, 6) is 0.177. The van der Waals surface area contributed by atoms with Gasteiger partial charge in [-0.15, -0.1) is 0 Å². The largest absolute Gasteiger partial charge is 0.384 e. The lowest BCUT2D eigenvalue weighted by atomic mass is 10.0. The molecule has 180 valence electrons. The van der Waals surface area contributed by atoms with Crippen molar-refractivity contribution in [3.8, 4) is 0 Å². The number of hydrogen-bond acceptors (Lipinski definition) is 2. The predicted octanol–water partition coefficient (Wildman–Crippen LogP) is 7.48. The molecule has 1 fully saturated rings. The molecule has 5 heteroatoms. The molecule has 0 radical (unpaired) electrons. The lowest BCUT2D eigenvalue weighted by Crippen LogP contribution is -2.46. The highest BCUT2D eigenvalue weighted by molar-refractivity contribution is 6.21. The molecular weight excluding hydrogens is 418 g/mol. The third-order valence-corrected chi connectivity index (χ3v) is 6.90. The number of rotatable bonds is 18. The number of benzene rings is 1. The van der Waals surface area contributed by atoms with Crippen LogP contribution in [0.4, 0.5) is 0 Å². The number of hydrogen-bond donors (Lipinski definition) is 2. The first kappa shape index (κ1) is 26.7. The summed E-state index contributed by atoms with van der Waals surface area (Å²) >= 11 is 5.47. The zero-order valence-corrected chi connectivity index (χ0v) is 20.9. The van der Waals surface area contributed by atoms with Gasteiger partial charge in [0, 0.05) is 17.3 Å². The van der Waals surface area contributed by atoms with Crippen LogP contribution < -0.4 is 11.1 Å². The smallest absolute Gasteiger partial charge is 0.252 e. The van der Waals surface area contributed by atoms with E-state index >= 15 is 0 Å². The second kappa shape index (κ2) is 15.3. The Hall–Kier alpha value is -1.55. The maximum absolute atomic E-state index is 12.5. The van der Waals surface area contributed by atoms with Gasteiger partial charge < -0.3 is 11.1 Å². The van der Waals surface area contributed by atoms with Gasteiger partial charge in [-0.05, 0) is 43.4 Å². The van der Waals surface area contributed by atoms with Crippen LogP contribution in [-0.4, -0.2) is 17.3 Å². The molecule has 0 saturated heterocycles. The van der Waals surface area contributed by atoms with E-state index in [1.54, 1.807) is 0 Å². The van der Waals surface area contributed by atoms with Crippen molar-refractivity contribution in [3.05, 3.63) is 35.4 Å². The number of carbonyl (C=O) groups is 1. The quantitative estimate of drug-likeness (QED) is 0.135. The molecule has 1 aromatic rings. The van der Waals surface area contributed by atoms with Gasteiger partial charge in [0.15, 0.2) is 0 Å². The topological polar surface area (TPSA) is 67.5 Å². The molecule has 0 heterocycles. The van der Waals surface area contributed by atoms with Crippen LogP contribution in [0.2, 0.25) is 0 Å². The average molecular weight is 462 g/mol. The number of aryl methyl sites for hydroxylation is 1. The summed E-state index contributed by atoms with van der Waals surface area (Å²) in [7, 11) is 0. The van der Waals surface area contributed by atoms with Crippen LogP contribution in [0.3, 0.4) is 0 Å². The van der Waals surface area contributed by atoms with Crippen molar-refractivity contribution in [2.24, 2.45) is 10.2 Å². The molecule has 1 aliphatic carbocycles. The van der Waals surface area contributed by atoms with Crippen molar-refractivity contribution in [1.82, 2.24) is 5.32 Å². The molecule has 0 atom stereocenters. The van der Waals surface area contributed by atoms with Gasteiger partial charge in [0.05, 0.1) is 5.54 Å². The van der Waals surface area contributed by atoms with Crippen LogP contribution >= 0.6 is 11.8 Å². The number of amidine groups is 1. The van der Waals surface area contributed by atoms with E-state index < -0.39 is 5.54 Å². The highest BCUT2D eigenvalue weighted by Gasteiger charge is 2.48. The highest BCUT2D eigenvalue weighted by atomic mass is 35.5. The normalized spacial score (nSPS) is 15.0. The first-order valence-electron chi connectivity index (χ1n) is 13.0. The van der Waals surface area contributed by atoms with Gasteiger partial charge in [-0.2, -0.15) is 4.51 Å². The van der Waals surface area contributed by atoms with Gasteiger partial charge in [-0.1, -0.05) is 103 Å². The minimum atomic E-state index is -0.536. The molecule has 1 aliphatic rings. The Bertz CT molecular complexity index is 683. The third-order valence-electron chi connectivity index (χ3n) is 6.72. The molecule has 1 aromatic carbocycles. The molecule has 0 bridgehead atoms. The third kappa shape index (κ3) is 9.94. The standard InChI is InChI=1S/C27H44ClN3O/c1-2-3-4-5-6-7-8-9-10-11-12-13-14-15-16-23-17-19-24(20-18-23)25(32)30-27(21-22-27)26(29)31-28/h17-20H,2-16,21-22H2,1H3,(H2,29,31)(H,30,32). The fourth-order valence-corrected chi connectivity index (χ4v) is 4.45. The number of nitrogens with two attached hydrogens (primary N) is 1. The second-order valence-electron chi connectivity index (χ2n) is 9.55. The maximum Gasteiger partial charge on any atom is 0.252 e. The van der Waals surface area contributed by atoms with Crippen molar-refractivity contribution >= 4 is 23.5 Å². The van der Waals surface area contributed by atoms with E-state index in [-0.39, 0.29) is 5.91 Å². The van der Waals surface area contributed by atoms with Gasteiger partial charge in [-0.25, -0.2) is 0 Å². The number of amides is 1. The molecule has 32 heavy (non-hydrogen) atoms. The Morgan fingerprint density at radius 2 is 1.34 bits per heavy atom. The van der Waals surface area contributed by atoms with Crippen molar-refractivity contribution in [2.45, 2.75) is 122 Å². The monoisotopic (exact) mass is 461 g/mol. The van der Waals surface area contributed by atoms with Crippen molar-refractivity contribution in [3.63, 3.8) is 0 Å². The molecule has 1 saturated carbocycles. The second-order valence-corrected chi connectivity index (χ2v) is 9.72. The van der Waals surface area contributed by atoms with Crippen molar-refractivity contribution in [1.29, 1.82) is 0 Å². The van der Waals surface area contributed by atoms with E-state index in [9.17, 15) is 4.79 Å². The fraction of sp³-hybridized carbons (Fsp3) is 0.704. The zero-order chi connectivity index (χ0) is 23.1. The van der Waals surface area contributed by atoms with Gasteiger partial charge >= 0.3 is 0 Å². The Morgan fingerprint density at radius 1 is 0.875 bits per heavy atom. The van der Waals surface area contributed by atoms with E-state index in [0.29, 0.717) is 11.4 Å². The molecule has 0 unspecified atom stereocenters. The number of halogens is 1. The molecular formula is C27H44ClN3O. The molecule has 2 rings (SSSR count). The summed E-state index contributed by atoms with van der Waals surface area (Å²) in [6, 6.07) is 7.93. The van der Waals surface area contributed by atoms with Crippen LogP contribution in [0, 0.1) is 0 Å². The lowest BCUT2D eigenvalue weighted by molar-refractivity contribution is 0.0943. The Kier molecular flexibility index (Phi) is 12.8. The highest BCUT2D eigenvalue weighted by Crippen LogP contribution is 2.36. The summed E-state index contributed by atoms with van der Waals surface area (Å²) in [5, 5.41) is 2.97. The van der Waals surface area contributed by atoms with E-state index in [0.717, 1.165) is 19.3 Å². The molecule has 0 aliphatic heterocycles. The Labute approximate surface area is 200 Å². The molecule has 1 amide bonds. The van der Waals surface area contributed by atoms with Crippen LogP contribution in [-0.2, 0) is 6.42 Å². The van der Waals surface area contributed by atoms with Gasteiger partial charge in [0.2, 0.25) is 0 Å². The van der Waals surface area contributed by atoms with Gasteiger partial charge in [0.25, 0.3) is 5.91 Å².